The van der Waals surface area contributed by atoms with Gasteiger partial charge in [-0.1, -0.05) is 37.3 Å². The molecule has 1 heterocycles. The zero-order valence-electron chi connectivity index (χ0n) is 19.0. The first-order valence-electron chi connectivity index (χ1n) is 10.4. The maximum absolute atomic E-state index is 12.5. The summed E-state index contributed by atoms with van der Waals surface area (Å²) in [6.07, 6.45) is -3.78. The normalized spacial score (nSPS) is 22.7. The maximum Gasteiger partial charge on any atom is 0.407 e. The molecule has 1 fully saturated rings. The largest absolute Gasteiger partial charge is 0.462 e. The van der Waals surface area contributed by atoms with Gasteiger partial charge in [0.2, 0.25) is 0 Å². The molecule has 0 aliphatic carbocycles. The summed E-state index contributed by atoms with van der Waals surface area (Å²) in [6.45, 7) is 5.28. The highest BCUT2D eigenvalue weighted by Crippen LogP contribution is 2.34. The molecule has 1 aromatic carbocycles. The summed E-state index contributed by atoms with van der Waals surface area (Å²) in [5, 5.41) is 2.71. The number of amides is 1. The van der Waals surface area contributed by atoms with E-state index in [4.69, 9.17) is 23.7 Å². The van der Waals surface area contributed by atoms with E-state index in [0.29, 0.717) is 5.75 Å². The number of carbonyl (C=O) groups is 4. The maximum atomic E-state index is 12.5. The number of thioether (sulfide) groups is 1. The molecule has 0 saturated carbocycles. The van der Waals surface area contributed by atoms with E-state index in [1.807, 2.05) is 37.3 Å². The summed E-state index contributed by atoms with van der Waals surface area (Å²) in [5.41, 5.74) is 0.171. The molecular weight excluding hydrogens is 454 g/mol. The van der Waals surface area contributed by atoms with Crippen molar-refractivity contribution in [3.05, 3.63) is 35.9 Å². The van der Waals surface area contributed by atoms with E-state index < -0.39 is 53.8 Å². The number of esters is 3. The van der Waals surface area contributed by atoms with Gasteiger partial charge in [-0.05, 0) is 11.3 Å². The van der Waals surface area contributed by atoms with Crippen molar-refractivity contribution in [3.63, 3.8) is 0 Å². The number of ether oxygens (including phenoxy) is 5. The number of nitrogens with one attached hydrogen (secondary N) is 1. The number of benzene rings is 1. The lowest BCUT2D eigenvalue weighted by atomic mass is 10.0. The molecule has 33 heavy (non-hydrogen) atoms. The van der Waals surface area contributed by atoms with E-state index >= 15 is 0 Å². The van der Waals surface area contributed by atoms with Gasteiger partial charge >= 0.3 is 24.0 Å². The first-order valence-corrected chi connectivity index (χ1v) is 11.5. The van der Waals surface area contributed by atoms with Crippen LogP contribution in [0.2, 0.25) is 0 Å². The summed E-state index contributed by atoms with van der Waals surface area (Å²) >= 11 is 1.37. The Hall–Kier alpha value is -2.79. The minimum atomic E-state index is -1.05. The predicted molar refractivity (Wildman–Crippen MR) is 118 cm³/mol. The summed E-state index contributed by atoms with van der Waals surface area (Å²) in [6, 6.07) is 8.34. The standard InChI is InChI=1S/C22H29NO9S/c1-5-33-21-18(23-22(27)29-11-16-9-7-6-8-10-16)20(31-15(4)26)19(32-21)17(30-14(3)25)12-28-13(2)24/h6-10,17-21H,5,11-12H2,1-4H3,(H,23,27). The van der Waals surface area contributed by atoms with Crippen LogP contribution in [0, 0.1) is 0 Å². The van der Waals surface area contributed by atoms with Crippen LogP contribution in [0.4, 0.5) is 4.79 Å². The smallest absolute Gasteiger partial charge is 0.407 e. The minimum Gasteiger partial charge on any atom is -0.462 e. The lowest BCUT2D eigenvalue weighted by molar-refractivity contribution is -0.173. The van der Waals surface area contributed by atoms with E-state index in [0.717, 1.165) is 5.56 Å². The van der Waals surface area contributed by atoms with Crippen molar-refractivity contribution in [1.29, 1.82) is 0 Å². The first-order chi connectivity index (χ1) is 15.7. The van der Waals surface area contributed by atoms with Crippen LogP contribution in [-0.2, 0) is 44.7 Å². The van der Waals surface area contributed by atoms with Crippen LogP contribution in [0.15, 0.2) is 30.3 Å². The van der Waals surface area contributed by atoms with Gasteiger partial charge in [0.05, 0.1) is 0 Å². The van der Waals surface area contributed by atoms with E-state index in [1.54, 1.807) is 0 Å². The van der Waals surface area contributed by atoms with Gasteiger partial charge in [-0.25, -0.2) is 4.79 Å². The molecule has 2 rings (SSSR count). The van der Waals surface area contributed by atoms with E-state index in [-0.39, 0.29) is 13.2 Å². The zero-order chi connectivity index (χ0) is 24.4. The SMILES string of the molecule is CCSC1OC(C(COC(C)=O)OC(C)=O)C(OC(C)=O)C1NC(=O)OCc1ccccc1. The van der Waals surface area contributed by atoms with Crippen molar-refractivity contribution < 1.29 is 42.9 Å². The lowest BCUT2D eigenvalue weighted by Crippen LogP contribution is -2.51. The monoisotopic (exact) mass is 483 g/mol. The Morgan fingerprint density at radius 3 is 2.30 bits per heavy atom. The molecule has 0 bridgehead atoms. The predicted octanol–water partition coefficient (Wildman–Crippen LogP) is 2.19. The van der Waals surface area contributed by atoms with Crippen molar-refractivity contribution in [3.8, 4) is 0 Å². The van der Waals surface area contributed by atoms with Gasteiger partial charge < -0.3 is 29.0 Å². The van der Waals surface area contributed by atoms with Crippen molar-refractivity contribution in [2.45, 2.75) is 64.1 Å². The third kappa shape index (κ3) is 8.58. The second-order valence-corrected chi connectivity index (χ2v) is 8.56. The average molecular weight is 484 g/mol. The van der Waals surface area contributed by atoms with Crippen molar-refractivity contribution >= 4 is 35.8 Å². The Kier molecular flexibility index (Phi) is 10.5. The van der Waals surface area contributed by atoms with Crippen molar-refractivity contribution in [2.75, 3.05) is 12.4 Å². The van der Waals surface area contributed by atoms with Gasteiger partial charge in [-0.15, -0.1) is 11.8 Å². The van der Waals surface area contributed by atoms with Crippen molar-refractivity contribution in [1.82, 2.24) is 5.32 Å². The third-order valence-electron chi connectivity index (χ3n) is 4.53. The zero-order valence-corrected chi connectivity index (χ0v) is 19.8. The first kappa shape index (κ1) is 26.5. The number of carbonyl (C=O) groups excluding carboxylic acids is 4. The quantitative estimate of drug-likeness (QED) is 0.391. The van der Waals surface area contributed by atoms with Gasteiger partial charge in [0.25, 0.3) is 0 Å². The van der Waals surface area contributed by atoms with Gasteiger partial charge in [-0.3, -0.25) is 14.4 Å². The molecule has 5 unspecified atom stereocenters. The van der Waals surface area contributed by atoms with Gasteiger partial charge in [0, 0.05) is 20.8 Å². The molecule has 0 radical (unpaired) electrons. The molecule has 10 nitrogen and oxygen atoms in total. The molecule has 1 aliphatic rings. The van der Waals surface area contributed by atoms with E-state index in [9.17, 15) is 19.2 Å². The van der Waals surface area contributed by atoms with Gasteiger partial charge in [-0.2, -0.15) is 0 Å². The molecule has 1 N–H and O–H groups in total. The Balaban J connectivity index is 2.21. The minimum absolute atomic E-state index is 0.0516. The molecule has 1 aromatic rings. The Labute approximate surface area is 196 Å². The lowest BCUT2D eigenvalue weighted by Gasteiger charge is -2.28. The summed E-state index contributed by atoms with van der Waals surface area (Å²) in [4.78, 5) is 47.3. The van der Waals surface area contributed by atoms with Crippen LogP contribution in [0.5, 0.6) is 0 Å². The molecule has 1 aliphatic heterocycles. The summed E-state index contributed by atoms with van der Waals surface area (Å²) in [5.74, 6) is -1.19. The van der Waals surface area contributed by atoms with E-state index in [2.05, 4.69) is 5.32 Å². The fraction of sp³-hybridized carbons (Fsp3) is 0.545. The fourth-order valence-corrected chi connectivity index (χ4v) is 4.24. The summed E-state index contributed by atoms with van der Waals surface area (Å²) in [7, 11) is 0. The topological polar surface area (TPSA) is 126 Å². The number of hydrogen-bond acceptors (Lipinski definition) is 10. The number of alkyl carbamates (subject to hydrolysis) is 1. The Morgan fingerprint density at radius 1 is 1.03 bits per heavy atom. The highest BCUT2D eigenvalue weighted by molar-refractivity contribution is 7.99. The van der Waals surface area contributed by atoms with Crippen molar-refractivity contribution in [2.24, 2.45) is 0 Å². The van der Waals surface area contributed by atoms with Gasteiger partial charge in [0.1, 0.15) is 30.8 Å². The molecular formula is C22H29NO9S. The highest BCUT2D eigenvalue weighted by Gasteiger charge is 2.52. The van der Waals surface area contributed by atoms with Gasteiger partial charge in [0.15, 0.2) is 12.2 Å². The molecule has 11 heteroatoms. The highest BCUT2D eigenvalue weighted by atomic mass is 32.2. The molecule has 0 aromatic heterocycles. The number of hydrogen-bond donors (Lipinski definition) is 1. The van der Waals surface area contributed by atoms with E-state index in [1.165, 1.54) is 32.5 Å². The second-order valence-electron chi connectivity index (χ2n) is 7.18. The van der Waals surface area contributed by atoms with Crippen LogP contribution < -0.4 is 5.32 Å². The molecule has 182 valence electrons. The molecule has 0 spiro atoms. The van der Waals surface area contributed by atoms with Crippen LogP contribution in [0.25, 0.3) is 0 Å². The molecule has 1 saturated heterocycles. The van der Waals surface area contributed by atoms with Crippen LogP contribution in [0.1, 0.15) is 33.3 Å². The Bertz CT molecular complexity index is 819. The molecule has 1 amide bonds. The average Bonchev–Trinajstić information content (AvgIpc) is 3.06. The fourth-order valence-electron chi connectivity index (χ4n) is 3.27. The number of rotatable bonds is 10. The third-order valence-corrected chi connectivity index (χ3v) is 5.59. The molecule has 5 atom stereocenters. The Morgan fingerprint density at radius 2 is 1.73 bits per heavy atom. The van der Waals surface area contributed by atoms with Crippen LogP contribution in [-0.4, -0.2) is 66.2 Å². The second kappa shape index (κ2) is 13.0. The van der Waals surface area contributed by atoms with Crippen LogP contribution >= 0.6 is 11.8 Å². The van der Waals surface area contributed by atoms with Crippen LogP contribution in [0.3, 0.4) is 0 Å². The summed E-state index contributed by atoms with van der Waals surface area (Å²) < 4.78 is 27.1.